The molecular formula is C14H26BrN3. The maximum atomic E-state index is 4.65. The maximum absolute atomic E-state index is 4.65. The minimum absolute atomic E-state index is 0.618. The van der Waals surface area contributed by atoms with E-state index in [4.69, 9.17) is 0 Å². The van der Waals surface area contributed by atoms with Crippen LogP contribution in [0.3, 0.4) is 0 Å². The molecular weight excluding hydrogens is 290 g/mol. The third-order valence-corrected chi connectivity index (χ3v) is 4.32. The second-order valence-corrected chi connectivity index (χ2v) is 5.37. The first-order chi connectivity index (χ1) is 8.67. The van der Waals surface area contributed by atoms with Gasteiger partial charge in [0.1, 0.15) is 0 Å². The van der Waals surface area contributed by atoms with Gasteiger partial charge in [-0.25, -0.2) is 0 Å². The summed E-state index contributed by atoms with van der Waals surface area (Å²) in [6, 6.07) is 0.618. The third-order valence-electron chi connectivity index (χ3n) is 3.41. The highest BCUT2D eigenvalue weighted by atomic mass is 79.9. The quantitative estimate of drug-likeness (QED) is 0.795. The van der Waals surface area contributed by atoms with E-state index >= 15 is 0 Å². The molecule has 1 aromatic rings. The van der Waals surface area contributed by atoms with Crippen LogP contribution in [-0.2, 0) is 19.4 Å². The second kappa shape index (κ2) is 7.95. The molecule has 1 atom stereocenters. The first kappa shape index (κ1) is 15.7. The van der Waals surface area contributed by atoms with Crippen molar-refractivity contribution in [2.24, 2.45) is 0 Å². The van der Waals surface area contributed by atoms with E-state index in [1.807, 2.05) is 0 Å². The van der Waals surface area contributed by atoms with Crippen LogP contribution in [0.5, 0.6) is 0 Å². The summed E-state index contributed by atoms with van der Waals surface area (Å²) in [5.74, 6) is 0. The van der Waals surface area contributed by atoms with Crippen molar-refractivity contribution in [1.82, 2.24) is 15.1 Å². The normalized spacial score (nSPS) is 12.9. The van der Waals surface area contributed by atoms with E-state index in [0.29, 0.717) is 6.04 Å². The Hall–Kier alpha value is -0.350. The average Bonchev–Trinajstić information content (AvgIpc) is 2.70. The molecule has 3 nitrogen and oxygen atoms in total. The molecule has 0 saturated carbocycles. The lowest BCUT2D eigenvalue weighted by Gasteiger charge is -2.16. The largest absolute Gasteiger partial charge is 0.314 e. The van der Waals surface area contributed by atoms with E-state index in [0.717, 1.165) is 25.9 Å². The zero-order chi connectivity index (χ0) is 13.5. The summed E-state index contributed by atoms with van der Waals surface area (Å²) in [5, 5.41) is 8.18. The van der Waals surface area contributed by atoms with Crippen molar-refractivity contribution < 1.29 is 0 Å². The van der Waals surface area contributed by atoms with Crippen LogP contribution in [0.15, 0.2) is 4.47 Å². The molecule has 0 aliphatic rings. The Morgan fingerprint density at radius 2 is 2.00 bits per heavy atom. The minimum Gasteiger partial charge on any atom is -0.314 e. The summed E-state index contributed by atoms with van der Waals surface area (Å²) >= 11 is 3.71. The van der Waals surface area contributed by atoms with E-state index in [9.17, 15) is 0 Å². The smallest absolute Gasteiger partial charge is 0.0766 e. The Morgan fingerprint density at radius 3 is 2.50 bits per heavy atom. The molecule has 4 heteroatoms. The van der Waals surface area contributed by atoms with Gasteiger partial charge in [0.15, 0.2) is 0 Å². The fraction of sp³-hybridized carbons (Fsp3) is 0.786. The number of nitrogens with one attached hydrogen (secondary N) is 1. The minimum atomic E-state index is 0.618. The topological polar surface area (TPSA) is 29.9 Å². The summed E-state index contributed by atoms with van der Waals surface area (Å²) in [6.45, 7) is 10.7. The van der Waals surface area contributed by atoms with Crippen molar-refractivity contribution in [1.29, 1.82) is 0 Å². The van der Waals surface area contributed by atoms with Crippen LogP contribution in [0.1, 0.15) is 51.9 Å². The number of nitrogens with zero attached hydrogens (tertiary/aromatic N) is 2. The number of hydrogen-bond acceptors (Lipinski definition) is 2. The molecule has 1 unspecified atom stereocenters. The summed E-state index contributed by atoms with van der Waals surface area (Å²) < 4.78 is 3.36. The van der Waals surface area contributed by atoms with Gasteiger partial charge in [-0.3, -0.25) is 4.68 Å². The first-order valence-electron chi connectivity index (χ1n) is 7.15. The van der Waals surface area contributed by atoms with Gasteiger partial charge in [-0.1, -0.05) is 20.8 Å². The maximum Gasteiger partial charge on any atom is 0.0766 e. The van der Waals surface area contributed by atoms with Gasteiger partial charge in [-0.05, 0) is 55.1 Å². The van der Waals surface area contributed by atoms with Crippen LogP contribution in [0, 0.1) is 0 Å². The molecule has 0 aliphatic heterocycles. The Kier molecular flexibility index (Phi) is 6.94. The van der Waals surface area contributed by atoms with Crippen molar-refractivity contribution in [3.63, 3.8) is 0 Å². The van der Waals surface area contributed by atoms with E-state index < -0.39 is 0 Å². The zero-order valence-electron chi connectivity index (χ0n) is 12.1. The highest BCUT2D eigenvalue weighted by Crippen LogP contribution is 2.24. The van der Waals surface area contributed by atoms with Crippen molar-refractivity contribution in [2.75, 3.05) is 6.54 Å². The van der Waals surface area contributed by atoms with Gasteiger partial charge in [-0.2, -0.15) is 5.10 Å². The fourth-order valence-electron chi connectivity index (χ4n) is 2.31. The molecule has 1 N–H and O–H groups in total. The van der Waals surface area contributed by atoms with Crippen molar-refractivity contribution in [3.8, 4) is 0 Å². The monoisotopic (exact) mass is 315 g/mol. The molecule has 0 fully saturated rings. The third kappa shape index (κ3) is 3.82. The molecule has 0 bridgehead atoms. The Morgan fingerprint density at radius 1 is 1.28 bits per heavy atom. The molecule has 18 heavy (non-hydrogen) atoms. The Bertz CT molecular complexity index is 360. The van der Waals surface area contributed by atoms with Crippen LogP contribution < -0.4 is 5.32 Å². The van der Waals surface area contributed by atoms with Crippen molar-refractivity contribution in [3.05, 3.63) is 15.9 Å². The molecule has 0 spiro atoms. The van der Waals surface area contributed by atoms with E-state index in [-0.39, 0.29) is 0 Å². The first-order valence-corrected chi connectivity index (χ1v) is 7.94. The van der Waals surface area contributed by atoms with Gasteiger partial charge in [0.25, 0.3) is 0 Å². The lowest BCUT2D eigenvalue weighted by molar-refractivity contribution is 0.470. The van der Waals surface area contributed by atoms with Gasteiger partial charge >= 0.3 is 0 Å². The van der Waals surface area contributed by atoms with Gasteiger partial charge in [0.2, 0.25) is 0 Å². The summed E-state index contributed by atoms with van der Waals surface area (Å²) in [4.78, 5) is 0. The number of rotatable bonds is 8. The van der Waals surface area contributed by atoms with Crippen LogP contribution in [0.4, 0.5) is 0 Å². The van der Waals surface area contributed by atoms with E-state index in [1.54, 1.807) is 0 Å². The molecule has 1 aromatic heterocycles. The molecule has 0 radical (unpaired) electrons. The van der Waals surface area contributed by atoms with E-state index in [2.05, 4.69) is 58.7 Å². The molecule has 0 saturated heterocycles. The van der Waals surface area contributed by atoms with Crippen LogP contribution >= 0.6 is 15.9 Å². The van der Waals surface area contributed by atoms with Gasteiger partial charge in [0.05, 0.1) is 15.9 Å². The lowest BCUT2D eigenvalue weighted by atomic mass is 10.1. The molecule has 0 aromatic carbocycles. The number of hydrogen-bond donors (Lipinski definition) is 1. The molecule has 0 aliphatic carbocycles. The van der Waals surface area contributed by atoms with Crippen molar-refractivity contribution >= 4 is 15.9 Å². The van der Waals surface area contributed by atoms with Gasteiger partial charge in [-0.15, -0.1) is 0 Å². The highest BCUT2D eigenvalue weighted by Gasteiger charge is 2.15. The number of halogens is 1. The Labute approximate surface area is 119 Å². The number of aryl methyl sites for hydroxylation is 2. The van der Waals surface area contributed by atoms with Crippen LogP contribution in [-0.4, -0.2) is 22.4 Å². The summed E-state index contributed by atoms with van der Waals surface area (Å²) in [7, 11) is 0. The molecule has 1 heterocycles. The average molecular weight is 316 g/mol. The standard InChI is InChI=1S/C14H26BrN3/c1-5-11(16-7-3)9-10-13-14(15)12(6-2)17-18(13)8-4/h11,16H,5-10H2,1-4H3. The predicted octanol–water partition coefficient (Wildman–Crippen LogP) is 3.55. The lowest BCUT2D eigenvalue weighted by Crippen LogP contribution is -2.28. The number of aromatic nitrogens is 2. The second-order valence-electron chi connectivity index (χ2n) is 4.58. The SMILES string of the molecule is CCNC(CC)CCc1c(Br)c(CC)nn1CC. The van der Waals surface area contributed by atoms with E-state index in [1.165, 1.54) is 28.7 Å². The molecule has 104 valence electrons. The zero-order valence-corrected chi connectivity index (χ0v) is 13.7. The van der Waals surface area contributed by atoms with Gasteiger partial charge < -0.3 is 5.32 Å². The summed E-state index contributed by atoms with van der Waals surface area (Å²) in [5.41, 5.74) is 2.54. The fourth-order valence-corrected chi connectivity index (χ4v) is 3.07. The molecule has 1 rings (SSSR count). The van der Waals surface area contributed by atoms with Crippen LogP contribution in [0.25, 0.3) is 0 Å². The van der Waals surface area contributed by atoms with Gasteiger partial charge in [0, 0.05) is 12.6 Å². The highest BCUT2D eigenvalue weighted by molar-refractivity contribution is 9.10. The predicted molar refractivity (Wildman–Crippen MR) is 81.1 cm³/mol. The van der Waals surface area contributed by atoms with Crippen molar-refractivity contribution in [2.45, 2.75) is 66.0 Å². The van der Waals surface area contributed by atoms with Crippen LogP contribution in [0.2, 0.25) is 0 Å². The summed E-state index contributed by atoms with van der Waals surface area (Å²) in [6.07, 6.45) is 4.45. The molecule has 0 amide bonds. The Balaban J connectivity index is 2.73.